The van der Waals surface area contributed by atoms with E-state index in [1.165, 1.54) is 24.9 Å². The number of nitrogens with zero attached hydrogens (tertiary/aromatic N) is 1. The average molecular weight is 284 g/mol. The molecule has 0 aliphatic carbocycles. The highest BCUT2D eigenvalue weighted by Crippen LogP contribution is 2.18. The highest BCUT2D eigenvalue weighted by Gasteiger charge is 2.22. The van der Waals surface area contributed by atoms with Crippen LogP contribution in [0.2, 0.25) is 0 Å². The lowest BCUT2D eigenvalue weighted by Crippen LogP contribution is -2.41. The summed E-state index contributed by atoms with van der Waals surface area (Å²) < 4.78 is 0. The van der Waals surface area contributed by atoms with Crippen LogP contribution in [0.25, 0.3) is 0 Å². The first-order chi connectivity index (χ1) is 8.83. The topological polar surface area (TPSA) is 48.1 Å². The fraction of sp³-hybridized carbons (Fsp3) is 0.643. The van der Waals surface area contributed by atoms with E-state index in [-0.39, 0.29) is 18.0 Å². The van der Waals surface area contributed by atoms with Gasteiger partial charge in [-0.3, -0.25) is 9.69 Å². The Morgan fingerprint density at radius 3 is 3.11 bits per heavy atom. The Balaban J connectivity index is 0.00000133. The normalized spacial score (nSPS) is 23.5. The second-order valence-corrected chi connectivity index (χ2v) is 5.51. The van der Waals surface area contributed by atoms with Crippen LogP contribution in [0.1, 0.15) is 24.0 Å². The van der Waals surface area contributed by atoms with Crippen molar-refractivity contribution in [2.24, 2.45) is 5.92 Å². The lowest BCUT2D eigenvalue weighted by atomic mass is 9.96. The predicted molar refractivity (Wildman–Crippen MR) is 78.9 cm³/mol. The number of piperidine rings is 1. The van der Waals surface area contributed by atoms with Crippen LogP contribution < -0.4 is 10.9 Å². The number of hydrogen-bond donors (Lipinski definition) is 2. The van der Waals surface area contributed by atoms with E-state index in [0.29, 0.717) is 0 Å². The Morgan fingerprint density at radius 1 is 1.42 bits per heavy atom. The maximum Gasteiger partial charge on any atom is 0.252 e. The monoisotopic (exact) mass is 283 g/mol. The number of aromatic nitrogens is 1. The second-order valence-electron chi connectivity index (χ2n) is 5.51. The number of fused-ring (bicyclic) bond motifs is 1. The number of nitrogens with one attached hydrogen (secondary N) is 2. The molecule has 0 saturated carbocycles. The number of hydrogen-bond acceptors (Lipinski definition) is 3. The van der Waals surface area contributed by atoms with E-state index in [2.05, 4.69) is 21.3 Å². The zero-order chi connectivity index (χ0) is 12.4. The number of H-pyrrole nitrogens is 1. The van der Waals surface area contributed by atoms with Gasteiger partial charge in [-0.05, 0) is 49.9 Å². The van der Waals surface area contributed by atoms with Crippen molar-refractivity contribution in [3.63, 3.8) is 0 Å². The molecule has 3 heterocycles. The predicted octanol–water partition coefficient (Wildman–Crippen LogP) is 1.15. The number of rotatable bonds is 2. The molecule has 1 fully saturated rings. The maximum absolute atomic E-state index is 11.8. The first-order valence-electron chi connectivity index (χ1n) is 6.95. The molecule has 1 atom stereocenters. The van der Waals surface area contributed by atoms with Crippen molar-refractivity contribution in [3.05, 3.63) is 33.7 Å². The average Bonchev–Trinajstić information content (AvgIpc) is 2.41. The molecule has 0 radical (unpaired) electrons. The van der Waals surface area contributed by atoms with Gasteiger partial charge < -0.3 is 10.3 Å². The molecular weight excluding hydrogens is 262 g/mol. The summed E-state index contributed by atoms with van der Waals surface area (Å²) in [5.74, 6) is 0.753. The zero-order valence-electron chi connectivity index (χ0n) is 11.2. The van der Waals surface area contributed by atoms with Crippen molar-refractivity contribution >= 4 is 12.4 Å². The minimum absolute atomic E-state index is 0. The molecule has 0 amide bonds. The van der Waals surface area contributed by atoms with Crippen LogP contribution in [0, 0.1) is 5.92 Å². The van der Waals surface area contributed by atoms with Gasteiger partial charge >= 0.3 is 0 Å². The van der Waals surface area contributed by atoms with E-state index in [0.717, 1.165) is 44.1 Å². The Bertz CT molecular complexity index is 468. The maximum atomic E-state index is 11.8. The molecule has 5 heteroatoms. The summed E-state index contributed by atoms with van der Waals surface area (Å²) in [6.07, 6.45) is 5.39. The summed E-state index contributed by atoms with van der Waals surface area (Å²) in [4.78, 5) is 17.0. The van der Waals surface area contributed by atoms with Gasteiger partial charge in [-0.15, -0.1) is 12.4 Å². The first-order valence-corrected chi connectivity index (χ1v) is 6.95. The quantitative estimate of drug-likeness (QED) is 0.856. The van der Waals surface area contributed by atoms with Crippen LogP contribution in [-0.4, -0.2) is 36.1 Å². The smallest absolute Gasteiger partial charge is 0.252 e. The SMILES string of the molecule is Cl.O=c1[nH]ccc2c1CN(CC1CCCNC1)CC2. The third-order valence-electron chi connectivity index (χ3n) is 4.16. The Labute approximate surface area is 120 Å². The fourth-order valence-electron chi connectivity index (χ4n) is 3.14. The summed E-state index contributed by atoms with van der Waals surface area (Å²) in [5.41, 5.74) is 2.31. The third-order valence-corrected chi connectivity index (χ3v) is 4.16. The molecule has 1 aromatic rings. The minimum Gasteiger partial charge on any atom is -0.329 e. The van der Waals surface area contributed by atoms with Crippen molar-refractivity contribution in [2.45, 2.75) is 25.8 Å². The van der Waals surface area contributed by atoms with Crippen LogP contribution >= 0.6 is 12.4 Å². The molecule has 2 N–H and O–H groups in total. The molecule has 4 nitrogen and oxygen atoms in total. The fourth-order valence-corrected chi connectivity index (χ4v) is 3.14. The van der Waals surface area contributed by atoms with Crippen LogP contribution in [0.15, 0.2) is 17.1 Å². The summed E-state index contributed by atoms with van der Waals surface area (Å²) in [6, 6.07) is 2.05. The second kappa shape index (κ2) is 6.55. The Morgan fingerprint density at radius 2 is 2.32 bits per heavy atom. The zero-order valence-corrected chi connectivity index (χ0v) is 12.0. The van der Waals surface area contributed by atoms with E-state index in [1.807, 2.05) is 0 Å². The molecule has 106 valence electrons. The van der Waals surface area contributed by atoms with Crippen LogP contribution in [0.5, 0.6) is 0 Å². The summed E-state index contributed by atoms with van der Waals surface area (Å²) in [6.45, 7) is 5.34. The van der Waals surface area contributed by atoms with Gasteiger partial charge in [-0.1, -0.05) is 0 Å². The lowest BCUT2D eigenvalue weighted by Gasteiger charge is -2.33. The lowest BCUT2D eigenvalue weighted by molar-refractivity contribution is 0.193. The Kier molecular flexibility index (Phi) is 5.02. The van der Waals surface area contributed by atoms with Crippen molar-refractivity contribution in [1.29, 1.82) is 0 Å². The highest BCUT2D eigenvalue weighted by atomic mass is 35.5. The van der Waals surface area contributed by atoms with Gasteiger partial charge in [-0.25, -0.2) is 0 Å². The van der Waals surface area contributed by atoms with E-state index >= 15 is 0 Å². The van der Waals surface area contributed by atoms with Gasteiger partial charge in [-0.2, -0.15) is 0 Å². The van der Waals surface area contributed by atoms with E-state index in [1.54, 1.807) is 6.20 Å². The molecule has 1 aromatic heterocycles. The summed E-state index contributed by atoms with van der Waals surface area (Å²) in [5, 5.41) is 3.46. The van der Waals surface area contributed by atoms with Crippen molar-refractivity contribution in [2.75, 3.05) is 26.2 Å². The molecular formula is C14H22ClN3O. The molecule has 2 aliphatic heterocycles. The van der Waals surface area contributed by atoms with Crippen LogP contribution in [0.3, 0.4) is 0 Å². The molecule has 0 spiro atoms. The molecule has 0 aromatic carbocycles. The number of halogens is 1. The molecule has 1 saturated heterocycles. The molecule has 19 heavy (non-hydrogen) atoms. The van der Waals surface area contributed by atoms with Gasteiger partial charge in [0, 0.05) is 31.4 Å². The van der Waals surface area contributed by atoms with Crippen LogP contribution in [0.4, 0.5) is 0 Å². The summed E-state index contributed by atoms with van der Waals surface area (Å²) in [7, 11) is 0. The van der Waals surface area contributed by atoms with Crippen LogP contribution in [-0.2, 0) is 13.0 Å². The standard InChI is InChI=1S/C14H21N3O.ClH/c18-14-13-10-17(7-4-12(13)3-6-16-14)9-11-2-1-5-15-8-11;/h3,6,11,15H,1-2,4-5,7-10H2,(H,16,18);1H. The third kappa shape index (κ3) is 3.38. The van der Waals surface area contributed by atoms with E-state index in [4.69, 9.17) is 0 Å². The molecule has 1 unspecified atom stereocenters. The minimum atomic E-state index is 0. The van der Waals surface area contributed by atoms with Gasteiger partial charge in [0.2, 0.25) is 0 Å². The van der Waals surface area contributed by atoms with E-state index < -0.39 is 0 Å². The largest absolute Gasteiger partial charge is 0.329 e. The number of pyridine rings is 1. The van der Waals surface area contributed by atoms with Crippen molar-refractivity contribution < 1.29 is 0 Å². The molecule has 2 aliphatic rings. The summed E-state index contributed by atoms with van der Waals surface area (Å²) >= 11 is 0. The van der Waals surface area contributed by atoms with Crippen molar-refractivity contribution in [3.8, 4) is 0 Å². The van der Waals surface area contributed by atoms with Crippen molar-refractivity contribution in [1.82, 2.24) is 15.2 Å². The van der Waals surface area contributed by atoms with Gasteiger partial charge in [0.1, 0.15) is 0 Å². The highest BCUT2D eigenvalue weighted by molar-refractivity contribution is 5.85. The van der Waals surface area contributed by atoms with E-state index in [9.17, 15) is 4.79 Å². The number of aromatic amines is 1. The first kappa shape index (κ1) is 14.6. The molecule has 3 rings (SSSR count). The van der Waals surface area contributed by atoms with Gasteiger partial charge in [0.15, 0.2) is 0 Å². The van der Waals surface area contributed by atoms with Gasteiger partial charge in [0.05, 0.1) is 0 Å². The van der Waals surface area contributed by atoms with Gasteiger partial charge in [0.25, 0.3) is 5.56 Å². The Hall–Kier alpha value is -0.840. The molecule has 0 bridgehead atoms.